The minimum Gasteiger partial charge on any atom is -0.481 e. The summed E-state index contributed by atoms with van der Waals surface area (Å²) in [5.41, 5.74) is 0. The first-order valence-corrected chi connectivity index (χ1v) is 17.5. The van der Waals surface area contributed by atoms with Gasteiger partial charge in [0.15, 0.2) is 0 Å². The Bertz CT molecular complexity index is 643. The first kappa shape index (κ1) is 40.1. The fourth-order valence-corrected chi connectivity index (χ4v) is 5.95. The first-order chi connectivity index (χ1) is 20.3. The topological polar surface area (TPSA) is 112 Å². The fraction of sp³-hybridized carbons (Fsp3) is 0.857. The van der Waals surface area contributed by atoms with Gasteiger partial charge in [-0.2, -0.15) is 0 Å². The Morgan fingerprint density at radius 3 is 1.05 bits per heavy atom. The highest BCUT2D eigenvalue weighted by Crippen LogP contribution is 2.19. The smallest absolute Gasteiger partial charge is 0.303 e. The average molecular weight is 597 g/mol. The molecule has 0 aliphatic rings. The fourth-order valence-electron chi connectivity index (χ4n) is 5.95. The molecule has 0 heterocycles. The number of carboxylic acid groups (broad SMARTS) is 3. The molecule has 0 rings (SSSR count). The summed E-state index contributed by atoms with van der Waals surface area (Å²) < 4.78 is 0.641. The molecule has 0 amide bonds. The van der Waals surface area contributed by atoms with E-state index in [0.29, 0.717) is 43.4 Å². The second-order valence-electron chi connectivity index (χ2n) is 12.4. The van der Waals surface area contributed by atoms with E-state index in [1.807, 2.05) is 0 Å². The Hall–Kier alpha value is -1.89. The van der Waals surface area contributed by atoms with E-state index in [9.17, 15) is 14.4 Å². The molecule has 0 saturated carbocycles. The molecule has 0 aromatic rings. The van der Waals surface area contributed by atoms with E-state index in [-0.39, 0.29) is 19.3 Å². The van der Waals surface area contributed by atoms with Crippen LogP contribution in [0.25, 0.3) is 0 Å². The molecule has 246 valence electrons. The second kappa shape index (κ2) is 29.2. The Kier molecular flexibility index (Phi) is 27.9. The number of quaternary nitrogens is 1. The number of hydrogen-bond acceptors (Lipinski definition) is 3. The summed E-state index contributed by atoms with van der Waals surface area (Å²) in [7, 11) is 0. The molecular weight excluding hydrogens is 530 g/mol. The van der Waals surface area contributed by atoms with Crippen molar-refractivity contribution in [3.8, 4) is 0 Å². The third-order valence-electron chi connectivity index (χ3n) is 8.46. The maximum absolute atomic E-state index is 11.1. The molecule has 7 nitrogen and oxygen atoms in total. The molecule has 0 atom stereocenters. The highest BCUT2D eigenvalue weighted by atomic mass is 16.4. The molecule has 0 saturated heterocycles. The van der Waals surface area contributed by atoms with Crippen molar-refractivity contribution >= 4 is 17.9 Å². The molecule has 3 N–H and O–H groups in total. The molecule has 0 bridgehead atoms. The lowest BCUT2D eigenvalue weighted by atomic mass is 10.0. The van der Waals surface area contributed by atoms with Gasteiger partial charge in [-0.25, -0.2) is 0 Å². The van der Waals surface area contributed by atoms with Gasteiger partial charge in [0.1, 0.15) is 0 Å². The highest BCUT2D eigenvalue weighted by molar-refractivity contribution is 5.67. The van der Waals surface area contributed by atoms with Crippen LogP contribution in [0.1, 0.15) is 167 Å². The van der Waals surface area contributed by atoms with Gasteiger partial charge >= 0.3 is 17.9 Å². The molecule has 0 aliphatic carbocycles. The van der Waals surface area contributed by atoms with Crippen LogP contribution in [-0.2, 0) is 14.4 Å². The Balaban J connectivity index is 4.05. The van der Waals surface area contributed by atoms with E-state index in [4.69, 9.17) is 15.3 Å². The van der Waals surface area contributed by atoms with Gasteiger partial charge < -0.3 is 19.8 Å². The molecule has 0 fully saturated rings. The van der Waals surface area contributed by atoms with Crippen LogP contribution in [0.5, 0.6) is 0 Å². The summed E-state index contributed by atoms with van der Waals surface area (Å²) in [4.78, 5) is 33.2. The van der Waals surface area contributed by atoms with Crippen molar-refractivity contribution in [2.24, 2.45) is 0 Å². The van der Waals surface area contributed by atoms with Crippen molar-refractivity contribution < 1.29 is 34.2 Å². The zero-order chi connectivity index (χ0) is 31.2. The van der Waals surface area contributed by atoms with Gasteiger partial charge in [0.25, 0.3) is 0 Å². The van der Waals surface area contributed by atoms with E-state index in [2.05, 4.69) is 19.1 Å². The van der Waals surface area contributed by atoms with Gasteiger partial charge in [-0.05, 0) is 38.5 Å². The maximum Gasteiger partial charge on any atom is 0.303 e. The van der Waals surface area contributed by atoms with Gasteiger partial charge in [-0.1, -0.05) is 103 Å². The maximum atomic E-state index is 11.1. The molecule has 0 aromatic heterocycles. The van der Waals surface area contributed by atoms with Crippen molar-refractivity contribution in [3.05, 3.63) is 12.2 Å². The second-order valence-corrected chi connectivity index (χ2v) is 12.4. The van der Waals surface area contributed by atoms with Crippen molar-refractivity contribution in [1.82, 2.24) is 0 Å². The van der Waals surface area contributed by atoms with Crippen LogP contribution in [0.2, 0.25) is 0 Å². The van der Waals surface area contributed by atoms with Crippen molar-refractivity contribution in [2.45, 2.75) is 167 Å². The zero-order valence-electron chi connectivity index (χ0n) is 27.2. The lowest BCUT2D eigenvalue weighted by molar-refractivity contribution is -0.929. The molecule has 0 aliphatic heterocycles. The molecule has 0 radical (unpaired) electrons. The Morgan fingerprint density at radius 2 is 0.714 bits per heavy atom. The van der Waals surface area contributed by atoms with Crippen molar-refractivity contribution in [2.75, 3.05) is 26.2 Å². The third kappa shape index (κ3) is 28.2. The van der Waals surface area contributed by atoms with Gasteiger partial charge in [0, 0.05) is 19.3 Å². The van der Waals surface area contributed by atoms with Gasteiger partial charge in [0.2, 0.25) is 0 Å². The lowest BCUT2D eigenvalue weighted by Gasteiger charge is -2.39. The van der Waals surface area contributed by atoms with Crippen LogP contribution < -0.4 is 0 Å². The first-order valence-electron chi connectivity index (χ1n) is 17.5. The number of aliphatic carboxylic acids is 3. The molecule has 0 aromatic carbocycles. The zero-order valence-corrected chi connectivity index (χ0v) is 27.2. The van der Waals surface area contributed by atoms with Gasteiger partial charge in [0.05, 0.1) is 45.4 Å². The molecule has 0 spiro atoms. The Morgan fingerprint density at radius 1 is 0.429 bits per heavy atom. The van der Waals surface area contributed by atoms with E-state index in [1.54, 1.807) is 0 Å². The largest absolute Gasteiger partial charge is 0.481 e. The van der Waals surface area contributed by atoms with E-state index in [1.165, 1.54) is 109 Å². The molecule has 7 heteroatoms. The SMILES string of the molecule is CCCCCCCCC/C=C/CCCCCCCCCCCC[N+](CCCC(=O)O)(CCCC(=O)O)CCCC(=O)O. The van der Waals surface area contributed by atoms with Crippen LogP contribution in [-0.4, -0.2) is 63.9 Å². The molecular formula is C35H66NO6+. The Labute approximate surface area is 257 Å². The van der Waals surface area contributed by atoms with Crippen LogP contribution in [0.4, 0.5) is 0 Å². The molecule has 42 heavy (non-hydrogen) atoms. The standard InChI is InChI=1S/C35H65NO6/c1-2-3-4-5-6-7-8-9-10-11-12-13-14-15-16-17-18-19-20-21-22-29-36(30-23-26-33(37)38,31-24-27-34(39)40)32-25-28-35(41)42/h10-11H,2-9,12-32H2,1H3,(H2-,37,38,39,40,41,42)/p+1/b11-10+. The summed E-state index contributed by atoms with van der Waals surface area (Å²) in [5, 5.41) is 27.3. The average Bonchev–Trinajstić information content (AvgIpc) is 2.93. The van der Waals surface area contributed by atoms with E-state index < -0.39 is 17.9 Å². The number of rotatable bonds is 33. The predicted octanol–water partition coefficient (Wildman–Crippen LogP) is 9.39. The third-order valence-corrected chi connectivity index (χ3v) is 8.46. The predicted molar refractivity (Wildman–Crippen MR) is 173 cm³/mol. The van der Waals surface area contributed by atoms with Crippen LogP contribution in [0.3, 0.4) is 0 Å². The van der Waals surface area contributed by atoms with Gasteiger partial charge in [-0.3, -0.25) is 14.4 Å². The minimum absolute atomic E-state index is 0.0911. The van der Waals surface area contributed by atoms with Gasteiger partial charge in [-0.15, -0.1) is 0 Å². The quantitative estimate of drug-likeness (QED) is 0.0395. The number of carbonyl (C=O) groups is 3. The normalized spacial score (nSPS) is 11.8. The van der Waals surface area contributed by atoms with E-state index >= 15 is 0 Å². The summed E-state index contributed by atoms with van der Waals surface area (Å²) in [6.07, 6.45) is 31.1. The summed E-state index contributed by atoms with van der Waals surface area (Å²) in [6.45, 7) is 5.14. The monoisotopic (exact) mass is 596 g/mol. The summed E-state index contributed by atoms with van der Waals surface area (Å²) >= 11 is 0. The number of nitrogens with zero attached hydrogens (tertiary/aromatic N) is 1. The number of carboxylic acids is 3. The minimum atomic E-state index is -0.824. The highest BCUT2D eigenvalue weighted by Gasteiger charge is 2.27. The lowest BCUT2D eigenvalue weighted by Crippen LogP contribution is -2.51. The number of allylic oxidation sites excluding steroid dienone is 2. The van der Waals surface area contributed by atoms with Crippen molar-refractivity contribution in [3.63, 3.8) is 0 Å². The van der Waals surface area contributed by atoms with Crippen LogP contribution in [0, 0.1) is 0 Å². The number of hydrogen-bond donors (Lipinski definition) is 3. The van der Waals surface area contributed by atoms with Crippen molar-refractivity contribution in [1.29, 1.82) is 0 Å². The van der Waals surface area contributed by atoms with Crippen LogP contribution in [0.15, 0.2) is 12.2 Å². The van der Waals surface area contributed by atoms with E-state index in [0.717, 1.165) is 19.4 Å². The van der Waals surface area contributed by atoms with Crippen LogP contribution >= 0.6 is 0 Å². The number of unbranched alkanes of at least 4 members (excludes halogenated alkanes) is 17. The summed E-state index contributed by atoms with van der Waals surface area (Å²) in [6, 6.07) is 0. The molecule has 0 unspecified atom stereocenters. The summed E-state index contributed by atoms with van der Waals surface area (Å²) in [5.74, 6) is -2.47.